The Kier molecular flexibility index (Phi) is 4.45. The molecule has 0 aliphatic carbocycles. The number of nitro benzene ring substituents is 1. The topological polar surface area (TPSA) is 72.6 Å². The fourth-order valence-electron chi connectivity index (χ4n) is 1.79. The Morgan fingerprint density at radius 3 is 2.52 bits per heavy atom. The second-order valence-electron chi connectivity index (χ2n) is 4.67. The van der Waals surface area contributed by atoms with Crippen molar-refractivity contribution in [2.24, 2.45) is 0 Å². The van der Waals surface area contributed by atoms with Crippen molar-refractivity contribution in [1.82, 2.24) is 0 Å². The summed E-state index contributed by atoms with van der Waals surface area (Å²) < 4.78 is 5.65. The third-order valence-corrected chi connectivity index (χ3v) is 3.34. The Bertz CT molecular complexity index is 685. The molecule has 0 radical (unpaired) electrons. The summed E-state index contributed by atoms with van der Waals surface area (Å²) in [5.74, 6) is 0.751. The van der Waals surface area contributed by atoms with Crippen LogP contribution < -0.4 is 4.74 Å². The average Bonchev–Trinajstić information content (AvgIpc) is 2.42. The van der Waals surface area contributed by atoms with E-state index in [0.29, 0.717) is 22.1 Å². The van der Waals surface area contributed by atoms with Gasteiger partial charge in [-0.05, 0) is 43.2 Å². The molecule has 0 aromatic heterocycles. The van der Waals surface area contributed by atoms with Gasteiger partial charge in [0.25, 0.3) is 5.69 Å². The van der Waals surface area contributed by atoms with Gasteiger partial charge in [0.2, 0.25) is 0 Å². The summed E-state index contributed by atoms with van der Waals surface area (Å²) in [6, 6.07) is 9.32. The molecule has 110 valence electrons. The minimum Gasteiger partial charge on any atom is -0.455 e. The second kappa shape index (κ2) is 6.11. The van der Waals surface area contributed by atoms with Gasteiger partial charge >= 0.3 is 0 Å². The van der Waals surface area contributed by atoms with E-state index in [9.17, 15) is 15.2 Å². The van der Waals surface area contributed by atoms with Crippen LogP contribution in [0.3, 0.4) is 0 Å². The van der Waals surface area contributed by atoms with Crippen LogP contribution in [0.1, 0.15) is 24.2 Å². The molecule has 2 rings (SSSR count). The molecule has 5 nitrogen and oxygen atoms in total. The molecule has 0 fully saturated rings. The van der Waals surface area contributed by atoms with E-state index in [4.69, 9.17) is 16.3 Å². The van der Waals surface area contributed by atoms with Gasteiger partial charge in [-0.3, -0.25) is 10.1 Å². The molecule has 21 heavy (non-hydrogen) atoms. The van der Waals surface area contributed by atoms with Crippen LogP contribution in [0.25, 0.3) is 0 Å². The van der Waals surface area contributed by atoms with E-state index in [-0.39, 0.29) is 5.69 Å². The van der Waals surface area contributed by atoms with Crippen LogP contribution in [0, 0.1) is 17.0 Å². The van der Waals surface area contributed by atoms with Crippen LogP contribution in [0.5, 0.6) is 11.5 Å². The van der Waals surface area contributed by atoms with Crippen molar-refractivity contribution in [2.75, 3.05) is 0 Å². The molecule has 0 heterocycles. The van der Waals surface area contributed by atoms with Gasteiger partial charge < -0.3 is 9.84 Å². The summed E-state index contributed by atoms with van der Waals surface area (Å²) >= 11 is 6.11. The van der Waals surface area contributed by atoms with Gasteiger partial charge in [0.05, 0.1) is 22.1 Å². The zero-order valence-electron chi connectivity index (χ0n) is 11.5. The molecule has 0 saturated heterocycles. The lowest BCUT2D eigenvalue weighted by molar-refractivity contribution is -0.384. The molecular formula is C15H14ClNO4. The van der Waals surface area contributed by atoms with Crippen molar-refractivity contribution in [1.29, 1.82) is 0 Å². The number of nitrogens with zero attached hydrogens (tertiary/aromatic N) is 1. The molecule has 0 aliphatic heterocycles. The SMILES string of the molecule is Cc1ccc([N+](=O)[O-])cc1Oc1ccc([C@H](C)O)cc1Cl. The molecule has 1 atom stereocenters. The summed E-state index contributed by atoms with van der Waals surface area (Å²) in [5.41, 5.74) is 1.38. The van der Waals surface area contributed by atoms with Crippen molar-refractivity contribution in [3.63, 3.8) is 0 Å². The molecule has 0 unspecified atom stereocenters. The predicted octanol–water partition coefficient (Wildman–Crippen LogP) is 4.40. The summed E-state index contributed by atoms with van der Waals surface area (Å²) in [4.78, 5) is 10.3. The third-order valence-electron chi connectivity index (χ3n) is 3.04. The van der Waals surface area contributed by atoms with Crippen LogP contribution in [0.2, 0.25) is 5.02 Å². The fourth-order valence-corrected chi connectivity index (χ4v) is 2.02. The number of hydrogen-bond donors (Lipinski definition) is 1. The van der Waals surface area contributed by atoms with Crippen LogP contribution in [0.4, 0.5) is 5.69 Å². The van der Waals surface area contributed by atoms with Crippen molar-refractivity contribution < 1.29 is 14.8 Å². The Labute approximate surface area is 126 Å². The minimum absolute atomic E-state index is 0.0488. The van der Waals surface area contributed by atoms with Crippen LogP contribution in [0.15, 0.2) is 36.4 Å². The Balaban J connectivity index is 2.34. The van der Waals surface area contributed by atoms with E-state index in [1.54, 1.807) is 38.1 Å². The first-order chi connectivity index (χ1) is 9.88. The van der Waals surface area contributed by atoms with Gasteiger partial charge in [-0.1, -0.05) is 17.7 Å². The monoisotopic (exact) mass is 307 g/mol. The smallest absolute Gasteiger partial charge is 0.273 e. The van der Waals surface area contributed by atoms with Gasteiger partial charge in [-0.15, -0.1) is 0 Å². The van der Waals surface area contributed by atoms with Crippen molar-refractivity contribution in [3.8, 4) is 11.5 Å². The van der Waals surface area contributed by atoms with Crippen LogP contribution >= 0.6 is 11.6 Å². The predicted molar refractivity (Wildman–Crippen MR) is 80.0 cm³/mol. The Hall–Kier alpha value is -2.11. The van der Waals surface area contributed by atoms with E-state index < -0.39 is 11.0 Å². The molecule has 0 amide bonds. The lowest BCUT2D eigenvalue weighted by Gasteiger charge is -2.12. The highest BCUT2D eigenvalue weighted by Gasteiger charge is 2.12. The molecule has 0 bridgehead atoms. The minimum atomic E-state index is -0.629. The number of ether oxygens (including phenoxy) is 1. The molecular weight excluding hydrogens is 294 g/mol. The number of aliphatic hydroxyl groups is 1. The molecule has 2 aromatic rings. The van der Waals surface area contributed by atoms with Gasteiger partial charge in [0.1, 0.15) is 11.5 Å². The van der Waals surface area contributed by atoms with Crippen LogP contribution in [-0.2, 0) is 0 Å². The number of hydrogen-bond acceptors (Lipinski definition) is 4. The van der Waals surface area contributed by atoms with E-state index in [0.717, 1.165) is 5.56 Å². The summed E-state index contributed by atoms with van der Waals surface area (Å²) in [6.07, 6.45) is -0.629. The van der Waals surface area contributed by atoms with Gasteiger partial charge in [-0.2, -0.15) is 0 Å². The normalized spacial score (nSPS) is 12.0. The first-order valence-corrected chi connectivity index (χ1v) is 6.66. The first-order valence-electron chi connectivity index (χ1n) is 6.29. The maximum Gasteiger partial charge on any atom is 0.273 e. The van der Waals surface area contributed by atoms with E-state index in [1.807, 2.05) is 0 Å². The summed E-state index contributed by atoms with van der Waals surface area (Å²) in [6.45, 7) is 3.42. The number of benzene rings is 2. The lowest BCUT2D eigenvalue weighted by atomic mass is 10.1. The van der Waals surface area contributed by atoms with Gasteiger partial charge in [-0.25, -0.2) is 0 Å². The fraction of sp³-hybridized carbons (Fsp3) is 0.200. The van der Waals surface area contributed by atoms with Crippen LogP contribution in [-0.4, -0.2) is 10.0 Å². The Morgan fingerprint density at radius 2 is 1.95 bits per heavy atom. The molecule has 6 heteroatoms. The van der Waals surface area contributed by atoms with Gasteiger partial charge in [0, 0.05) is 6.07 Å². The highest BCUT2D eigenvalue weighted by atomic mass is 35.5. The highest BCUT2D eigenvalue weighted by molar-refractivity contribution is 6.32. The number of aryl methyl sites for hydroxylation is 1. The number of rotatable bonds is 4. The van der Waals surface area contributed by atoms with E-state index >= 15 is 0 Å². The molecule has 1 N–H and O–H groups in total. The molecule has 2 aromatic carbocycles. The van der Waals surface area contributed by atoms with E-state index in [2.05, 4.69) is 0 Å². The molecule has 0 spiro atoms. The maximum absolute atomic E-state index is 10.8. The molecule has 0 aliphatic rings. The highest BCUT2D eigenvalue weighted by Crippen LogP contribution is 2.34. The van der Waals surface area contributed by atoms with Crippen molar-refractivity contribution >= 4 is 17.3 Å². The number of non-ortho nitro benzene ring substituents is 1. The lowest BCUT2D eigenvalue weighted by Crippen LogP contribution is -1.94. The van der Waals surface area contributed by atoms with Gasteiger partial charge in [0.15, 0.2) is 0 Å². The van der Waals surface area contributed by atoms with Crippen molar-refractivity contribution in [3.05, 3.63) is 62.7 Å². The average molecular weight is 308 g/mol. The van der Waals surface area contributed by atoms with Crippen molar-refractivity contribution in [2.45, 2.75) is 20.0 Å². The second-order valence-corrected chi connectivity index (χ2v) is 5.08. The number of nitro groups is 1. The first kappa shape index (κ1) is 15.3. The largest absolute Gasteiger partial charge is 0.455 e. The number of aliphatic hydroxyl groups excluding tert-OH is 1. The Morgan fingerprint density at radius 1 is 1.24 bits per heavy atom. The standard InChI is InChI=1S/C15H14ClNO4/c1-9-3-5-12(17(19)20)8-15(9)21-14-6-4-11(10(2)18)7-13(14)16/h3-8,10,18H,1-2H3/t10-/m0/s1. The maximum atomic E-state index is 10.8. The summed E-state index contributed by atoms with van der Waals surface area (Å²) in [5, 5.41) is 20.6. The third kappa shape index (κ3) is 3.51. The van der Waals surface area contributed by atoms with E-state index in [1.165, 1.54) is 12.1 Å². The molecule has 0 saturated carbocycles. The summed E-state index contributed by atoms with van der Waals surface area (Å²) in [7, 11) is 0. The number of halogens is 1. The quantitative estimate of drug-likeness (QED) is 0.671. The zero-order valence-corrected chi connectivity index (χ0v) is 12.3. The zero-order chi connectivity index (χ0) is 15.6.